The van der Waals surface area contributed by atoms with Crippen LogP contribution in [0.15, 0.2) is 35.4 Å². The van der Waals surface area contributed by atoms with Gasteiger partial charge in [0.15, 0.2) is 0 Å². The fourth-order valence-electron chi connectivity index (χ4n) is 4.17. The van der Waals surface area contributed by atoms with E-state index in [9.17, 15) is 19.4 Å². The largest absolute Gasteiger partial charge is 0.395 e. The van der Waals surface area contributed by atoms with E-state index >= 15 is 0 Å². The monoisotopic (exact) mass is 470 g/mol. The molecule has 0 spiro atoms. The van der Waals surface area contributed by atoms with Gasteiger partial charge in [0.25, 0.3) is 5.56 Å². The van der Waals surface area contributed by atoms with Gasteiger partial charge in [-0.3, -0.25) is 9.69 Å². The van der Waals surface area contributed by atoms with E-state index in [1.54, 1.807) is 31.3 Å². The molecule has 4 N–H and O–H groups in total. The van der Waals surface area contributed by atoms with Gasteiger partial charge in [0.05, 0.1) is 23.8 Å². The molecule has 0 saturated carbocycles. The van der Waals surface area contributed by atoms with Crippen molar-refractivity contribution >= 4 is 28.2 Å². The molecule has 1 fully saturated rings. The van der Waals surface area contributed by atoms with Crippen molar-refractivity contribution in [3.8, 4) is 0 Å². The first kappa shape index (κ1) is 24.1. The second-order valence-corrected chi connectivity index (χ2v) is 10.2. The third-order valence-corrected chi connectivity index (χ3v) is 5.51. The normalized spacial score (nSPS) is 15.9. The lowest BCUT2D eigenvalue weighted by Crippen LogP contribution is -2.59. The highest BCUT2D eigenvalue weighted by Gasteiger charge is 2.36. The average molecular weight is 471 g/mol. The topological polar surface area (TPSA) is 116 Å². The van der Waals surface area contributed by atoms with Crippen molar-refractivity contribution in [2.75, 3.05) is 30.3 Å². The van der Waals surface area contributed by atoms with Gasteiger partial charge in [0.1, 0.15) is 23.3 Å². The molecule has 182 valence electrons. The maximum absolute atomic E-state index is 14.4. The molecule has 4 rings (SSSR count). The van der Waals surface area contributed by atoms with Gasteiger partial charge in [-0.05, 0) is 51.3 Å². The number of aromatic nitrogens is 3. The van der Waals surface area contributed by atoms with E-state index in [0.29, 0.717) is 53.4 Å². The molecule has 0 amide bonds. The lowest BCUT2D eigenvalue weighted by atomic mass is 9.96. The van der Waals surface area contributed by atoms with Crippen molar-refractivity contribution in [1.82, 2.24) is 19.4 Å². The first-order valence-corrected chi connectivity index (χ1v) is 11.2. The summed E-state index contributed by atoms with van der Waals surface area (Å²) < 4.78 is 15.8. The summed E-state index contributed by atoms with van der Waals surface area (Å²) in [4.78, 5) is 23.8. The molecule has 0 bridgehead atoms. The fraction of sp³-hybridized carbons (Fsp3) is 0.458. The van der Waals surface area contributed by atoms with Gasteiger partial charge in [0.2, 0.25) is 0 Å². The Morgan fingerprint density at radius 3 is 2.62 bits per heavy atom. The summed E-state index contributed by atoms with van der Waals surface area (Å²) in [5, 5.41) is 26.7. The molecule has 0 atom stereocenters. The second kappa shape index (κ2) is 8.94. The Kier molecular flexibility index (Phi) is 6.32. The summed E-state index contributed by atoms with van der Waals surface area (Å²) in [5.41, 5.74) is -0.868. The number of aliphatic hydroxyl groups excluding tert-OH is 1. The number of anilines is 3. The quantitative estimate of drug-likeness (QED) is 0.416. The Labute approximate surface area is 197 Å². The molecule has 0 aliphatic carbocycles. The van der Waals surface area contributed by atoms with Gasteiger partial charge in [-0.1, -0.05) is 0 Å². The molecule has 1 aliphatic heterocycles. The maximum atomic E-state index is 14.4. The smallest absolute Gasteiger partial charge is 0.262 e. The summed E-state index contributed by atoms with van der Waals surface area (Å²) in [5.74, 6) is 0.874. The van der Waals surface area contributed by atoms with Crippen LogP contribution in [0.5, 0.6) is 0 Å². The van der Waals surface area contributed by atoms with Gasteiger partial charge in [-0.15, -0.1) is 0 Å². The molecular weight excluding hydrogens is 439 g/mol. The highest BCUT2D eigenvalue weighted by Crippen LogP contribution is 2.27. The molecular formula is C24H31FN6O3. The first-order chi connectivity index (χ1) is 15.9. The molecule has 10 heteroatoms. The molecule has 1 aliphatic rings. The minimum atomic E-state index is -0.730. The summed E-state index contributed by atoms with van der Waals surface area (Å²) in [6, 6.07) is 5.17. The molecule has 9 nitrogen and oxygen atoms in total. The molecule has 4 heterocycles. The van der Waals surface area contributed by atoms with Crippen LogP contribution in [0.25, 0.3) is 10.8 Å². The van der Waals surface area contributed by atoms with Crippen molar-refractivity contribution < 1.29 is 14.6 Å². The van der Waals surface area contributed by atoms with Crippen molar-refractivity contribution in [2.45, 2.75) is 51.9 Å². The SMILES string of the molecule is CC1(O)CN(Cc2cc(Nc3cc4ccn(CCO)c(=O)c4c(NC(C)(C)C)n3)ncc2F)C1. The minimum Gasteiger partial charge on any atom is -0.395 e. The van der Waals surface area contributed by atoms with Gasteiger partial charge < -0.3 is 25.4 Å². The van der Waals surface area contributed by atoms with Crippen molar-refractivity contribution in [3.05, 3.63) is 52.3 Å². The third-order valence-electron chi connectivity index (χ3n) is 5.51. The summed E-state index contributed by atoms with van der Waals surface area (Å²) in [6.45, 7) is 9.05. The van der Waals surface area contributed by atoms with Crippen LogP contribution >= 0.6 is 0 Å². The van der Waals surface area contributed by atoms with E-state index in [1.807, 2.05) is 25.7 Å². The average Bonchev–Trinajstić information content (AvgIpc) is 2.70. The molecule has 3 aromatic heterocycles. The Hall–Kier alpha value is -3.08. The van der Waals surface area contributed by atoms with Crippen LogP contribution in [0.3, 0.4) is 0 Å². The second-order valence-electron chi connectivity index (χ2n) is 10.2. The number of hydrogen-bond acceptors (Lipinski definition) is 8. The number of rotatable bonds is 7. The van der Waals surface area contributed by atoms with Crippen LogP contribution in [0.1, 0.15) is 33.3 Å². The van der Waals surface area contributed by atoms with Gasteiger partial charge in [-0.2, -0.15) is 0 Å². The van der Waals surface area contributed by atoms with Crippen LogP contribution < -0.4 is 16.2 Å². The molecule has 1 saturated heterocycles. The van der Waals surface area contributed by atoms with Crippen LogP contribution in [0, 0.1) is 5.82 Å². The highest BCUT2D eigenvalue weighted by atomic mass is 19.1. The van der Waals surface area contributed by atoms with Gasteiger partial charge in [0, 0.05) is 43.5 Å². The van der Waals surface area contributed by atoms with Crippen LogP contribution in [-0.4, -0.2) is 60.5 Å². The van der Waals surface area contributed by atoms with Crippen molar-refractivity contribution in [1.29, 1.82) is 0 Å². The van der Waals surface area contributed by atoms with E-state index in [1.165, 1.54) is 10.8 Å². The number of halogens is 1. The third kappa shape index (κ3) is 5.35. The predicted molar refractivity (Wildman–Crippen MR) is 130 cm³/mol. The number of nitrogens with zero attached hydrogens (tertiary/aromatic N) is 4. The molecule has 0 unspecified atom stereocenters. The number of β-amino-alcohol motifs (C(OH)–C–C–N with tert-alkyl or cyclic N) is 1. The lowest BCUT2D eigenvalue weighted by Gasteiger charge is -2.44. The number of pyridine rings is 3. The molecule has 34 heavy (non-hydrogen) atoms. The molecule has 0 aromatic carbocycles. The standard InChI is InChI=1S/C24H31FN6O3/c1-23(2,3)29-21-20-15(5-6-31(7-8-32)22(20)33)9-19(28-21)27-18-10-16(17(25)11-26-18)12-30-13-24(4,34)14-30/h5-6,9-11,32,34H,7-8,12-14H2,1-4H3,(H2,26,27,28,29). The number of likely N-dealkylation sites (tertiary alicyclic amines) is 1. The van der Waals surface area contributed by atoms with E-state index < -0.39 is 11.4 Å². The molecule has 0 radical (unpaired) electrons. The zero-order valence-electron chi connectivity index (χ0n) is 19.9. The zero-order chi connectivity index (χ0) is 24.7. The number of fused-ring (bicyclic) bond motifs is 1. The summed E-state index contributed by atoms with van der Waals surface area (Å²) in [6.07, 6.45) is 2.81. The Balaban J connectivity index is 1.67. The Morgan fingerprint density at radius 1 is 1.24 bits per heavy atom. The highest BCUT2D eigenvalue weighted by molar-refractivity contribution is 5.93. The van der Waals surface area contributed by atoms with Crippen LogP contribution in [0.4, 0.5) is 21.8 Å². The fourth-order valence-corrected chi connectivity index (χ4v) is 4.17. The van der Waals surface area contributed by atoms with E-state index in [0.717, 1.165) is 0 Å². The van der Waals surface area contributed by atoms with Crippen molar-refractivity contribution in [3.63, 3.8) is 0 Å². The number of aliphatic hydroxyl groups is 2. The van der Waals surface area contributed by atoms with Crippen molar-refractivity contribution in [2.24, 2.45) is 0 Å². The first-order valence-electron chi connectivity index (χ1n) is 11.2. The Bertz CT molecular complexity index is 1260. The number of nitrogens with one attached hydrogen (secondary N) is 2. The maximum Gasteiger partial charge on any atom is 0.262 e. The van der Waals surface area contributed by atoms with Gasteiger partial charge in [-0.25, -0.2) is 14.4 Å². The Morgan fingerprint density at radius 2 is 1.97 bits per heavy atom. The zero-order valence-corrected chi connectivity index (χ0v) is 19.9. The minimum absolute atomic E-state index is 0.145. The number of hydrogen-bond donors (Lipinski definition) is 4. The van der Waals surface area contributed by atoms with Crippen LogP contribution in [0.2, 0.25) is 0 Å². The summed E-state index contributed by atoms with van der Waals surface area (Å²) >= 11 is 0. The van der Waals surface area contributed by atoms with E-state index in [4.69, 9.17) is 0 Å². The lowest BCUT2D eigenvalue weighted by molar-refractivity contribution is -0.0874. The van der Waals surface area contributed by atoms with Gasteiger partial charge >= 0.3 is 0 Å². The van der Waals surface area contributed by atoms with Crippen LogP contribution in [-0.2, 0) is 13.1 Å². The predicted octanol–water partition coefficient (Wildman–Crippen LogP) is 2.44. The van der Waals surface area contributed by atoms with E-state index in [-0.39, 0.29) is 24.2 Å². The summed E-state index contributed by atoms with van der Waals surface area (Å²) in [7, 11) is 0. The molecule has 3 aromatic rings. The van der Waals surface area contributed by atoms with E-state index in [2.05, 4.69) is 20.6 Å².